The number of carbonyl (C=O) groups excluding carboxylic acids is 1. The number of amides is 1. The van der Waals surface area contributed by atoms with Crippen molar-refractivity contribution in [2.24, 2.45) is 0 Å². The van der Waals surface area contributed by atoms with Gasteiger partial charge >= 0.3 is 0 Å². The number of thiazole rings is 1. The molecule has 25 heavy (non-hydrogen) atoms. The highest BCUT2D eigenvalue weighted by atomic mass is 32.1. The van der Waals surface area contributed by atoms with Crippen molar-refractivity contribution in [3.63, 3.8) is 0 Å². The minimum atomic E-state index is -0.222. The molecule has 0 bridgehead atoms. The van der Waals surface area contributed by atoms with Gasteiger partial charge in [-0.3, -0.25) is 4.79 Å². The Balaban J connectivity index is 1.56. The van der Waals surface area contributed by atoms with Crippen LogP contribution in [0.5, 0.6) is 0 Å². The molecule has 7 heteroatoms. The summed E-state index contributed by atoms with van der Waals surface area (Å²) in [5.41, 5.74) is 1.82. The van der Waals surface area contributed by atoms with Gasteiger partial charge in [-0.15, -0.1) is 11.3 Å². The van der Waals surface area contributed by atoms with E-state index in [1.165, 1.54) is 11.3 Å². The van der Waals surface area contributed by atoms with Gasteiger partial charge in [0.15, 0.2) is 0 Å². The SMILES string of the molecule is O=C(Cc1csc(-c2ccccc2)n1)N[C@@H]1CCOC[C@H]1OCCO. The van der Waals surface area contributed by atoms with E-state index in [2.05, 4.69) is 10.3 Å². The second-order valence-electron chi connectivity index (χ2n) is 5.86. The number of nitrogens with zero attached hydrogens (tertiary/aromatic N) is 1. The maximum absolute atomic E-state index is 12.4. The van der Waals surface area contributed by atoms with Crippen LogP contribution in [-0.4, -0.2) is 54.6 Å². The van der Waals surface area contributed by atoms with Crippen LogP contribution in [0.1, 0.15) is 12.1 Å². The van der Waals surface area contributed by atoms with E-state index >= 15 is 0 Å². The number of hydrogen-bond donors (Lipinski definition) is 2. The summed E-state index contributed by atoms with van der Waals surface area (Å²) >= 11 is 1.54. The average molecular weight is 362 g/mol. The number of aliphatic hydroxyl groups is 1. The number of benzene rings is 1. The number of aliphatic hydroxyl groups excluding tert-OH is 1. The van der Waals surface area contributed by atoms with Crippen molar-refractivity contribution in [3.8, 4) is 10.6 Å². The molecule has 2 atom stereocenters. The van der Waals surface area contributed by atoms with E-state index in [1.807, 2.05) is 35.7 Å². The van der Waals surface area contributed by atoms with Gasteiger partial charge < -0.3 is 19.9 Å². The molecule has 1 aliphatic rings. The van der Waals surface area contributed by atoms with Crippen LogP contribution in [0.2, 0.25) is 0 Å². The molecular weight excluding hydrogens is 340 g/mol. The van der Waals surface area contributed by atoms with E-state index in [-0.39, 0.29) is 37.7 Å². The minimum absolute atomic E-state index is 0.0434. The molecule has 1 saturated heterocycles. The molecule has 2 N–H and O–H groups in total. The molecule has 1 aromatic carbocycles. The molecule has 3 rings (SSSR count). The fourth-order valence-electron chi connectivity index (χ4n) is 2.77. The lowest BCUT2D eigenvalue weighted by Gasteiger charge is -2.31. The first-order chi connectivity index (χ1) is 12.3. The summed E-state index contributed by atoms with van der Waals surface area (Å²) < 4.78 is 10.9. The Bertz CT molecular complexity index is 677. The maximum Gasteiger partial charge on any atom is 0.226 e. The van der Waals surface area contributed by atoms with E-state index < -0.39 is 0 Å². The molecule has 0 spiro atoms. The lowest BCUT2D eigenvalue weighted by Crippen LogP contribution is -2.50. The third-order valence-corrected chi connectivity index (χ3v) is 4.93. The molecule has 1 aliphatic heterocycles. The van der Waals surface area contributed by atoms with Crippen molar-refractivity contribution in [1.29, 1.82) is 0 Å². The highest BCUT2D eigenvalue weighted by molar-refractivity contribution is 7.13. The van der Waals surface area contributed by atoms with Crippen LogP contribution in [0.25, 0.3) is 10.6 Å². The molecule has 0 saturated carbocycles. The first-order valence-electron chi connectivity index (χ1n) is 8.35. The fourth-order valence-corrected chi connectivity index (χ4v) is 3.59. The van der Waals surface area contributed by atoms with Crippen LogP contribution in [-0.2, 0) is 20.7 Å². The third-order valence-electron chi connectivity index (χ3n) is 3.99. The summed E-state index contributed by atoms with van der Waals surface area (Å²) in [6.45, 7) is 1.23. The van der Waals surface area contributed by atoms with Crippen LogP contribution in [0, 0.1) is 0 Å². The van der Waals surface area contributed by atoms with Crippen LogP contribution in [0.15, 0.2) is 35.7 Å². The number of ether oxygens (including phenoxy) is 2. The maximum atomic E-state index is 12.4. The van der Waals surface area contributed by atoms with Crippen LogP contribution >= 0.6 is 11.3 Å². The monoisotopic (exact) mass is 362 g/mol. The van der Waals surface area contributed by atoms with Gasteiger partial charge in [0, 0.05) is 17.6 Å². The summed E-state index contributed by atoms with van der Waals surface area (Å²) in [4.78, 5) is 16.9. The van der Waals surface area contributed by atoms with Crippen molar-refractivity contribution in [3.05, 3.63) is 41.4 Å². The lowest BCUT2D eigenvalue weighted by atomic mass is 10.1. The summed E-state index contributed by atoms with van der Waals surface area (Å²) in [6.07, 6.45) is 0.724. The Hall–Kier alpha value is -1.80. The quantitative estimate of drug-likeness (QED) is 0.783. The molecule has 0 aliphatic carbocycles. The molecule has 134 valence electrons. The molecule has 0 unspecified atom stereocenters. The topological polar surface area (TPSA) is 80.7 Å². The van der Waals surface area contributed by atoms with Gasteiger partial charge in [-0.05, 0) is 6.42 Å². The summed E-state index contributed by atoms with van der Waals surface area (Å²) in [7, 11) is 0. The van der Waals surface area contributed by atoms with Gasteiger partial charge in [-0.25, -0.2) is 4.98 Å². The second-order valence-corrected chi connectivity index (χ2v) is 6.72. The number of hydrogen-bond acceptors (Lipinski definition) is 6. The van der Waals surface area contributed by atoms with E-state index in [4.69, 9.17) is 14.6 Å². The molecule has 1 fully saturated rings. The standard InChI is InChI=1S/C18H22N2O4S/c21-7-9-24-16-11-23-8-6-15(16)20-17(22)10-14-12-25-18(19-14)13-4-2-1-3-5-13/h1-5,12,15-16,21H,6-11H2,(H,20,22)/t15-,16-/m1/s1. The molecule has 0 radical (unpaired) electrons. The van der Waals surface area contributed by atoms with Crippen molar-refractivity contribution in [2.75, 3.05) is 26.4 Å². The molecule has 6 nitrogen and oxygen atoms in total. The largest absolute Gasteiger partial charge is 0.394 e. The van der Waals surface area contributed by atoms with Crippen molar-refractivity contribution in [2.45, 2.75) is 25.0 Å². The predicted molar refractivity (Wildman–Crippen MR) is 95.4 cm³/mol. The van der Waals surface area contributed by atoms with Gasteiger partial charge in [0.1, 0.15) is 11.1 Å². The van der Waals surface area contributed by atoms with E-state index in [0.29, 0.717) is 19.6 Å². The second kappa shape index (κ2) is 9.05. The molecule has 2 heterocycles. The average Bonchev–Trinajstić information content (AvgIpc) is 3.10. The Morgan fingerprint density at radius 1 is 1.40 bits per heavy atom. The zero-order valence-corrected chi connectivity index (χ0v) is 14.7. The predicted octanol–water partition coefficient (Wildman–Crippen LogP) is 1.64. The van der Waals surface area contributed by atoms with Gasteiger partial charge in [-0.1, -0.05) is 30.3 Å². The summed E-state index contributed by atoms with van der Waals surface area (Å²) in [6, 6.07) is 9.83. The van der Waals surface area contributed by atoms with Crippen LogP contribution < -0.4 is 5.32 Å². The van der Waals surface area contributed by atoms with E-state index in [0.717, 1.165) is 16.3 Å². The Labute approximate surface area is 150 Å². The van der Waals surface area contributed by atoms with Gasteiger partial charge in [0.25, 0.3) is 0 Å². The lowest BCUT2D eigenvalue weighted by molar-refractivity contribution is -0.125. The zero-order valence-electron chi connectivity index (χ0n) is 13.9. The normalized spacial score (nSPS) is 20.4. The number of carbonyl (C=O) groups is 1. The third kappa shape index (κ3) is 5.09. The Morgan fingerprint density at radius 2 is 2.24 bits per heavy atom. The Kier molecular flexibility index (Phi) is 6.52. The Morgan fingerprint density at radius 3 is 3.04 bits per heavy atom. The highest BCUT2D eigenvalue weighted by Gasteiger charge is 2.28. The van der Waals surface area contributed by atoms with Crippen LogP contribution in [0.3, 0.4) is 0 Å². The zero-order chi connectivity index (χ0) is 17.5. The molecule has 1 aromatic heterocycles. The first kappa shape index (κ1) is 18.0. The van der Waals surface area contributed by atoms with Gasteiger partial charge in [0.05, 0.1) is 38.0 Å². The van der Waals surface area contributed by atoms with Crippen molar-refractivity contribution in [1.82, 2.24) is 10.3 Å². The summed E-state index contributed by atoms with van der Waals surface area (Å²) in [5, 5.41) is 14.7. The minimum Gasteiger partial charge on any atom is -0.394 e. The number of aromatic nitrogens is 1. The fraction of sp³-hybridized carbons (Fsp3) is 0.444. The van der Waals surface area contributed by atoms with E-state index in [1.54, 1.807) is 0 Å². The number of nitrogens with one attached hydrogen (secondary N) is 1. The summed E-state index contributed by atoms with van der Waals surface area (Å²) in [5.74, 6) is -0.0746. The van der Waals surface area contributed by atoms with Crippen molar-refractivity contribution >= 4 is 17.2 Å². The molecular formula is C18H22N2O4S. The van der Waals surface area contributed by atoms with Gasteiger partial charge in [-0.2, -0.15) is 0 Å². The van der Waals surface area contributed by atoms with E-state index in [9.17, 15) is 4.79 Å². The highest BCUT2D eigenvalue weighted by Crippen LogP contribution is 2.23. The molecule has 1 amide bonds. The smallest absolute Gasteiger partial charge is 0.226 e. The van der Waals surface area contributed by atoms with Gasteiger partial charge in [0.2, 0.25) is 5.91 Å². The van der Waals surface area contributed by atoms with Crippen LogP contribution in [0.4, 0.5) is 0 Å². The van der Waals surface area contributed by atoms with Crippen molar-refractivity contribution < 1.29 is 19.4 Å². The first-order valence-corrected chi connectivity index (χ1v) is 9.23. The molecule has 2 aromatic rings. The number of rotatable bonds is 7.